The maximum Gasteiger partial charge on any atom is 0.0542 e. The molecule has 270 valence electrons. The van der Waals surface area contributed by atoms with E-state index in [9.17, 15) is 0 Å². The number of anilines is 6. The number of para-hydroxylation sites is 2. The smallest absolute Gasteiger partial charge is 0.0542 e. The van der Waals surface area contributed by atoms with Gasteiger partial charge >= 0.3 is 0 Å². The van der Waals surface area contributed by atoms with E-state index < -0.39 is 0 Å². The molecule has 3 nitrogen and oxygen atoms in total. The molecule has 0 radical (unpaired) electrons. The Labute approximate surface area is 329 Å². The van der Waals surface area contributed by atoms with Gasteiger partial charge in [0.1, 0.15) is 0 Å². The molecule has 0 amide bonds. The van der Waals surface area contributed by atoms with Gasteiger partial charge in [-0.1, -0.05) is 116 Å². The van der Waals surface area contributed by atoms with Gasteiger partial charge in [0.2, 0.25) is 0 Å². The van der Waals surface area contributed by atoms with Gasteiger partial charge in [0.25, 0.3) is 0 Å². The van der Waals surface area contributed by atoms with Gasteiger partial charge in [0.05, 0.1) is 11.0 Å². The van der Waals surface area contributed by atoms with Gasteiger partial charge in [-0.2, -0.15) is 0 Å². The number of hydrogen-bond acceptors (Lipinski definition) is 2. The second kappa shape index (κ2) is 13.2. The molecular weight excluding hydrogens is 679 g/mol. The Morgan fingerprint density at radius 2 is 0.839 bits per heavy atom. The zero-order valence-corrected chi connectivity index (χ0v) is 32.2. The molecule has 0 N–H and O–H groups in total. The first-order chi connectivity index (χ1) is 27.3. The molecule has 8 aromatic carbocycles. The summed E-state index contributed by atoms with van der Waals surface area (Å²) in [5, 5.41) is 2.46. The van der Waals surface area contributed by atoms with E-state index in [1.807, 2.05) is 0 Å². The standard InChI is InChI=1S/C53H43N3/c1-36-18-22-39(23-19-36)54(43-30-32-50-47(34-43)45-14-8-10-16-49(45)53(50,3)4)41-26-28-42(29-27-41)55(40-24-20-37(2)21-25-40)44-31-33-52-48(35-44)46-15-9-11-17-51(46)56(52)38-12-6-5-7-13-38/h5-35H,1-4H3. The van der Waals surface area contributed by atoms with Crippen molar-refractivity contribution in [3.63, 3.8) is 0 Å². The fourth-order valence-electron chi connectivity index (χ4n) is 8.84. The molecule has 10 rings (SSSR count). The summed E-state index contributed by atoms with van der Waals surface area (Å²) in [6, 6.07) is 68.9. The highest BCUT2D eigenvalue weighted by Crippen LogP contribution is 2.51. The molecule has 0 atom stereocenters. The van der Waals surface area contributed by atoms with Crippen molar-refractivity contribution >= 4 is 55.9 Å². The topological polar surface area (TPSA) is 11.4 Å². The van der Waals surface area contributed by atoms with Crippen LogP contribution in [0.3, 0.4) is 0 Å². The molecular formula is C53H43N3. The molecule has 0 fully saturated rings. The van der Waals surface area contributed by atoms with Crippen LogP contribution in [0.5, 0.6) is 0 Å². The highest BCUT2D eigenvalue weighted by molar-refractivity contribution is 6.10. The number of hydrogen-bond donors (Lipinski definition) is 0. The lowest BCUT2D eigenvalue weighted by Gasteiger charge is -2.29. The summed E-state index contributed by atoms with van der Waals surface area (Å²) >= 11 is 0. The lowest BCUT2D eigenvalue weighted by molar-refractivity contribution is 0.660. The van der Waals surface area contributed by atoms with Crippen LogP contribution in [0.15, 0.2) is 188 Å². The second-order valence-electron chi connectivity index (χ2n) is 15.6. The van der Waals surface area contributed by atoms with Crippen LogP contribution in [0.1, 0.15) is 36.1 Å². The van der Waals surface area contributed by atoms with Crippen molar-refractivity contribution in [1.29, 1.82) is 0 Å². The highest BCUT2D eigenvalue weighted by atomic mass is 15.2. The summed E-state index contributed by atoms with van der Waals surface area (Å²) < 4.78 is 2.37. The Kier molecular flexibility index (Phi) is 7.93. The molecule has 0 aliphatic heterocycles. The average molecular weight is 722 g/mol. The Morgan fingerprint density at radius 3 is 1.48 bits per heavy atom. The number of nitrogens with zero attached hydrogens (tertiary/aromatic N) is 3. The first kappa shape index (κ1) is 33.7. The van der Waals surface area contributed by atoms with Gasteiger partial charge in [0, 0.05) is 56.0 Å². The van der Waals surface area contributed by atoms with E-state index in [4.69, 9.17) is 0 Å². The Bertz CT molecular complexity index is 2880. The minimum atomic E-state index is -0.0420. The molecule has 0 saturated heterocycles. The first-order valence-corrected chi connectivity index (χ1v) is 19.5. The molecule has 56 heavy (non-hydrogen) atoms. The van der Waals surface area contributed by atoms with Crippen LogP contribution in [0.4, 0.5) is 34.1 Å². The second-order valence-corrected chi connectivity index (χ2v) is 15.6. The summed E-state index contributed by atoms with van der Waals surface area (Å²) in [6.45, 7) is 8.97. The quantitative estimate of drug-likeness (QED) is 0.162. The van der Waals surface area contributed by atoms with Crippen LogP contribution in [-0.2, 0) is 5.41 Å². The van der Waals surface area contributed by atoms with Crippen molar-refractivity contribution in [2.24, 2.45) is 0 Å². The molecule has 0 spiro atoms. The zero-order valence-electron chi connectivity index (χ0n) is 32.2. The molecule has 0 saturated carbocycles. The monoisotopic (exact) mass is 721 g/mol. The predicted molar refractivity (Wildman–Crippen MR) is 237 cm³/mol. The van der Waals surface area contributed by atoms with Crippen LogP contribution in [0, 0.1) is 13.8 Å². The molecule has 1 aliphatic rings. The van der Waals surface area contributed by atoms with E-state index in [1.54, 1.807) is 0 Å². The number of rotatable bonds is 7. The van der Waals surface area contributed by atoms with Gasteiger partial charge in [-0.05, 0) is 133 Å². The maximum atomic E-state index is 2.39. The van der Waals surface area contributed by atoms with Gasteiger partial charge in [-0.15, -0.1) is 0 Å². The third-order valence-electron chi connectivity index (χ3n) is 11.7. The number of aryl methyl sites for hydroxylation is 2. The van der Waals surface area contributed by atoms with Gasteiger partial charge in [-0.25, -0.2) is 0 Å². The number of aromatic nitrogens is 1. The third-order valence-corrected chi connectivity index (χ3v) is 11.7. The number of fused-ring (bicyclic) bond motifs is 6. The minimum Gasteiger partial charge on any atom is -0.310 e. The average Bonchev–Trinajstić information content (AvgIpc) is 3.68. The highest BCUT2D eigenvalue weighted by Gasteiger charge is 2.35. The van der Waals surface area contributed by atoms with Crippen molar-refractivity contribution in [1.82, 2.24) is 4.57 Å². The molecule has 9 aromatic rings. The van der Waals surface area contributed by atoms with E-state index in [0.29, 0.717) is 0 Å². The Morgan fingerprint density at radius 1 is 0.375 bits per heavy atom. The third kappa shape index (κ3) is 5.50. The lowest BCUT2D eigenvalue weighted by atomic mass is 9.82. The molecule has 0 unspecified atom stereocenters. The largest absolute Gasteiger partial charge is 0.310 e. The summed E-state index contributed by atoms with van der Waals surface area (Å²) in [4.78, 5) is 4.76. The number of benzene rings is 8. The first-order valence-electron chi connectivity index (χ1n) is 19.5. The minimum absolute atomic E-state index is 0.0420. The fourth-order valence-corrected chi connectivity index (χ4v) is 8.84. The lowest BCUT2D eigenvalue weighted by Crippen LogP contribution is -2.15. The molecule has 3 heteroatoms. The van der Waals surface area contributed by atoms with E-state index >= 15 is 0 Å². The van der Waals surface area contributed by atoms with E-state index in [0.717, 1.165) is 39.8 Å². The molecule has 0 bridgehead atoms. The van der Waals surface area contributed by atoms with E-state index in [2.05, 4.69) is 230 Å². The normalized spacial score (nSPS) is 12.8. The van der Waals surface area contributed by atoms with Gasteiger partial charge < -0.3 is 14.4 Å². The van der Waals surface area contributed by atoms with E-state index in [1.165, 1.54) is 55.2 Å². The summed E-state index contributed by atoms with van der Waals surface area (Å²) in [5.41, 5.74) is 18.1. The van der Waals surface area contributed by atoms with E-state index in [-0.39, 0.29) is 5.41 Å². The van der Waals surface area contributed by atoms with Gasteiger partial charge in [-0.3, -0.25) is 0 Å². The Hall–Kier alpha value is -6.84. The molecule has 1 aromatic heterocycles. The van der Waals surface area contributed by atoms with Crippen molar-refractivity contribution < 1.29 is 0 Å². The van der Waals surface area contributed by atoms with Crippen LogP contribution in [-0.4, -0.2) is 4.57 Å². The predicted octanol–water partition coefficient (Wildman–Crippen LogP) is 14.6. The molecule has 1 heterocycles. The van der Waals surface area contributed by atoms with Crippen molar-refractivity contribution in [2.45, 2.75) is 33.1 Å². The molecule has 1 aliphatic carbocycles. The van der Waals surface area contributed by atoms with Crippen LogP contribution < -0.4 is 9.80 Å². The summed E-state index contributed by atoms with van der Waals surface area (Å²) in [7, 11) is 0. The van der Waals surface area contributed by atoms with Crippen LogP contribution in [0.2, 0.25) is 0 Å². The maximum absolute atomic E-state index is 2.39. The van der Waals surface area contributed by atoms with Crippen LogP contribution >= 0.6 is 0 Å². The van der Waals surface area contributed by atoms with Crippen molar-refractivity contribution in [2.75, 3.05) is 9.80 Å². The van der Waals surface area contributed by atoms with Crippen LogP contribution in [0.25, 0.3) is 38.6 Å². The summed E-state index contributed by atoms with van der Waals surface area (Å²) in [5.74, 6) is 0. The van der Waals surface area contributed by atoms with Gasteiger partial charge in [0.15, 0.2) is 0 Å². The SMILES string of the molecule is Cc1ccc(N(c2ccc(N(c3ccc(C)cc3)c3ccc4c(c3)c3ccccc3n4-c3ccccc3)cc2)c2ccc3c(c2)-c2ccccc2C3(C)C)cc1. The zero-order chi connectivity index (χ0) is 38.0. The summed E-state index contributed by atoms with van der Waals surface area (Å²) in [6.07, 6.45) is 0. The van der Waals surface area contributed by atoms with Crippen molar-refractivity contribution in [3.8, 4) is 16.8 Å². The fraction of sp³-hybridized carbons (Fsp3) is 0.0943. The van der Waals surface area contributed by atoms with Crippen molar-refractivity contribution in [3.05, 3.63) is 210 Å². The Balaban J connectivity index is 1.10.